The third-order valence-electron chi connectivity index (χ3n) is 2.32. The Morgan fingerprint density at radius 1 is 1.46 bits per heavy atom. The standard InChI is InChI=1S/C8H11N3OS/c12-7-9-10-8(13)11(7)6-4-2-1-3-5-6/h1-2,6H,3-5H2,(H,9,12)(H,10,13). The predicted molar refractivity (Wildman–Crippen MR) is 52.3 cm³/mol. The summed E-state index contributed by atoms with van der Waals surface area (Å²) in [5.41, 5.74) is -0.134. The largest absolute Gasteiger partial charge is 0.342 e. The number of H-pyrrole nitrogens is 2. The molecule has 70 valence electrons. The molecule has 1 atom stereocenters. The van der Waals surface area contributed by atoms with E-state index in [4.69, 9.17) is 12.2 Å². The lowest BCUT2D eigenvalue weighted by atomic mass is 10.0. The number of allylic oxidation sites excluding steroid dienone is 2. The van der Waals surface area contributed by atoms with E-state index >= 15 is 0 Å². The van der Waals surface area contributed by atoms with Gasteiger partial charge < -0.3 is 0 Å². The van der Waals surface area contributed by atoms with Gasteiger partial charge in [-0.2, -0.15) is 0 Å². The lowest BCUT2D eigenvalue weighted by Crippen LogP contribution is -2.23. The predicted octanol–water partition coefficient (Wildman–Crippen LogP) is 1.52. The van der Waals surface area contributed by atoms with Crippen molar-refractivity contribution in [1.29, 1.82) is 0 Å². The molecule has 1 aromatic rings. The number of rotatable bonds is 1. The Morgan fingerprint density at radius 3 is 2.85 bits per heavy atom. The summed E-state index contributed by atoms with van der Waals surface area (Å²) in [6, 6.07) is 0.229. The second-order valence-corrected chi connectivity index (χ2v) is 3.56. The smallest absolute Gasteiger partial charge is 0.272 e. The number of nitrogens with one attached hydrogen (secondary N) is 2. The van der Waals surface area contributed by atoms with E-state index in [0.29, 0.717) is 4.77 Å². The number of hydrogen-bond acceptors (Lipinski definition) is 2. The summed E-state index contributed by atoms with van der Waals surface area (Å²) in [5, 5.41) is 5.14. The second kappa shape index (κ2) is 3.33. The highest BCUT2D eigenvalue weighted by Crippen LogP contribution is 2.21. The van der Waals surface area contributed by atoms with Crippen LogP contribution in [0.5, 0.6) is 0 Å². The van der Waals surface area contributed by atoms with E-state index in [2.05, 4.69) is 22.3 Å². The van der Waals surface area contributed by atoms with E-state index in [-0.39, 0.29) is 11.7 Å². The molecule has 0 fully saturated rings. The lowest BCUT2D eigenvalue weighted by Gasteiger charge is -2.17. The summed E-state index contributed by atoms with van der Waals surface area (Å²) in [7, 11) is 0. The highest BCUT2D eigenvalue weighted by atomic mass is 32.1. The molecule has 0 radical (unpaired) electrons. The van der Waals surface area contributed by atoms with Crippen LogP contribution in [0.4, 0.5) is 0 Å². The number of aromatic amines is 2. The van der Waals surface area contributed by atoms with Gasteiger partial charge in [0.1, 0.15) is 0 Å². The lowest BCUT2D eigenvalue weighted by molar-refractivity contribution is 0.445. The van der Waals surface area contributed by atoms with Crippen LogP contribution in [-0.4, -0.2) is 14.8 Å². The number of hydrogen-bond donors (Lipinski definition) is 2. The minimum Gasteiger partial charge on any atom is -0.272 e. The highest BCUT2D eigenvalue weighted by Gasteiger charge is 2.14. The molecule has 0 aliphatic heterocycles. The fourth-order valence-electron chi connectivity index (χ4n) is 1.66. The molecule has 2 N–H and O–H groups in total. The van der Waals surface area contributed by atoms with Crippen molar-refractivity contribution in [2.24, 2.45) is 0 Å². The average Bonchev–Trinajstić information content (AvgIpc) is 2.48. The first-order chi connectivity index (χ1) is 6.29. The first kappa shape index (κ1) is 8.50. The molecule has 1 heterocycles. The van der Waals surface area contributed by atoms with Crippen LogP contribution in [0.25, 0.3) is 0 Å². The molecule has 0 aromatic carbocycles. The summed E-state index contributed by atoms with van der Waals surface area (Å²) < 4.78 is 2.11. The number of nitrogens with zero attached hydrogens (tertiary/aromatic N) is 1. The van der Waals surface area contributed by atoms with E-state index in [1.165, 1.54) is 0 Å². The van der Waals surface area contributed by atoms with Gasteiger partial charge in [-0.3, -0.25) is 9.67 Å². The molecular weight excluding hydrogens is 186 g/mol. The molecule has 0 spiro atoms. The van der Waals surface area contributed by atoms with Crippen molar-refractivity contribution < 1.29 is 0 Å². The zero-order chi connectivity index (χ0) is 9.26. The molecular formula is C8H11N3OS. The first-order valence-electron chi connectivity index (χ1n) is 4.33. The Hall–Kier alpha value is -1.10. The SMILES string of the molecule is O=c1[nH][nH]c(=S)n1C1CC=CCC1. The molecule has 0 saturated carbocycles. The van der Waals surface area contributed by atoms with Crippen molar-refractivity contribution in [1.82, 2.24) is 14.8 Å². The van der Waals surface area contributed by atoms with Crippen LogP contribution in [-0.2, 0) is 0 Å². The summed E-state index contributed by atoms with van der Waals surface area (Å²) in [6.07, 6.45) is 7.15. The average molecular weight is 197 g/mol. The van der Waals surface area contributed by atoms with Gasteiger partial charge in [0.15, 0.2) is 4.77 Å². The highest BCUT2D eigenvalue weighted by molar-refractivity contribution is 7.71. The minimum atomic E-state index is -0.134. The quantitative estimate of drug-likeness (QED) is 0.529. The van der Waals surface area contributed by atoms with Crippen molar-refractivity contribution in [2.45, 2.75) is 25.3 Å². The van der Waals surface area contributed by atoms with Gasteiger partial charge in [0.2, 0.25) is 0 Å². The van der Waals surface area contributed by atoms with Crippen LogP contribution in [0, 0.1) is 4.77 Å². The van der Waals surface area contributed by atoms with Crippen molar-refractivity contribution in [3.63, 3.8) is 0 Å². The van der Waals surface area contributed by atoms with Gasteiger partial charge in [-0.25, -0.2) is 9.89 Å². The van der Waals surface area contributed by atoms with Gasteiger partial charge >= 0.3 is 5.69 Å². The Balaban J connectivity index is 2.40. The minimum absolute atomic E-state index is 0.134. The molecule has 2 rings (SSSR count). The van der Waals surface area contributed by atoms with E-state index in [1.54, 1.807) is 4.57 Å². The fourth-order valence-corrected chi connectivity index (χ4v) is 1.95. The number of aromatic nitrogens is 3. The van der Waals surface area contributed by atoms with Crippen LogP contribution in [0.15, 0.2) is 16.9 Å². The van der Waals surface area contributed by atoms with Gasteiger partial charge in [0, 0.05) is 6.04 Å². The molecule has 0 saturated heterocycles. The molecule has 1 aliphatic carbocycles. The normalized spacial score (nSPS) is 22.0. The van der Waals surface area contributed by atoms with Gasteiger partial charge in [-0.15, -0.1) is 0 Å². The van der Waals surface area contributed by atoms with Crippen LogP contribution in [0.1, 0.15) is 25.3 Å². The van der Waals surface area contributed by atoms with Crippen LogP contribution in [0.2, 0.25) is 0 Å². The van der Waals surface area contributed by atoms with E-state index < -0.39 is 0 Å². The molecule has 0 bridgehead atoms. The van der Waals surface area contributed by atoms with Crippen LogP contribution >= 0.6 is 12.2 Å². The zero-order valence-electron chi connectivity index (χ0n) is 7.12. The molecule has 13 heavy (non-hydrogen) atoms. The van der Waals surface area contributed by atoms with E-state index in [0.717, 1.165) is 19.3 Å². The molecule has 0 amide bonds. The van der Waals surface area contributed by atoms with Crippen molar-refractivity contribution in [2.75, 3.05) is 0 Å². The molecule has 1 unspecified atom stereocenters. The zero-order valence-corrected chi connectivity index (χ0v) is 7.93. The Kier molecular flexibility index (Phi) is 2.18. The maximum atomic E-state index is 11.3. The maximum Gasteiger partial charge on any atom is 0.342 e. The van der Waals surface area contributed by atoms with Gasteiger partial charge in [-0.1, -0.05) is 12.2 Å². The molecule has 1 aromatic heterocycles. The second-order valence-electron chi connectivity index (χ2n) is 3.17. The van der Waals surface area contributed by atoms with Crippen molar-refractivity contribution in [3.05, 3.63) is 27.4 Å². The Bertz CT molecular complexity index is 398. The third-order valence-corrected chi connectivity index (χ3v) is 2.62. The van der Waals surface area contributed by atoms with Crippen molar-refractivity contribution in [3.8, 4) is 0 Å². The van der Waals surface area contributed by atoms with Crippen molar-refractivity contribution >= 4 is 12.2 Å². The fraction of sp³-hybridized carbons (Fsp3) is 0.500. The van der Waals surface area contributed by atoms with E-state index in [1.807, 2.05) is 0 Å². The first-order valence-corrected chi connectivity index (χ1v) is 4.74. The Morgan fingerprint density at radius 2 is 2.31 bits per heavy atom. The molecule has 4 nitrogen and oxygen atoms in total. The summed E-state index contributed by atoms with van der Waals surface area (Å²) in [5.74, 6) is 0. The summed E-state index contributed by atoms with van der Waals surface area (Å²) in [6.45, 7) is 0. The topological polar surface area (TPSA) is 53.6 Å². The maximum absolute atomic E-state index is 11.3. The van der Waals surface area contributed by atoms with E-state index in [9.17, 15) is 4.79 Å². The van der Waals surface area contributed by atoms with Gasteiger partial charge in [0.25, 0.3) is 0 Å². The molecule has 5 heteroatoms. The van der Waals surface area contributed by atoms with Crippen LogP contribution in [0.3, 0.4) is 0 Å². The third kappa shape index (κ3) is 1.51. The summed E-state index contributed by atoms with van der Waals surface area (Å²) in [4.78, 5) is 11.3. The van der Waals surface area contributed by atoms with Gasteiger partial charge in [0.05, 0.1) is 0 Å². The summed E-state index contributed by atoms with van der Waals surface area (Å²) >= 11 is 5.01. The monoisotopic (exact) mass is 197 g/mol. The molecule has 1 aliphatic rings. The Labute approximate surface area is 80.3 Å². The van der Waals surface area contributed by atoms with Crippen LogP contribution < -0.4 is 5.69 Å². The van der Waals surface area contributed by atoms with Gasteiger partial charge in [-0.05, 0) is 31.5 Å².